The van der Waals surface area contributed by atoms with Crippen LogP contribution in [0.5, 0.6) is 5.75 Å². The molecule has 0 saturated heterocycles. The van der Waals surface area contributed by atoms with Crippen molar-refractivity contribution in [2.75, 3.05) is 6.54 Å². The van der Waals surface area contributed by atoms with Crippen LogP contribution in [0.1, 0.15) is 49.1 Å². The third-order valence-corrected chi connectivity index (χ3v) is 5.21. The molecule has 0 aliphatic carbocycles. The lowest BCUT2D eigenvalue weighted by Crippen LogP contribution is -2.40. The van der Waals surface area contributed by atoms with E-state index in [1.807, 2.05) is 45.9 Å². The van der Waals surface area contributed by atoms with E-state index < -0.39 is 11.4 Å². The van der Waals surface area contributed by atoms with Crippen molar-refractivity contribution in [3.05, 3.63) is 58.9 Å². The number of nitrogens with zero attached hydrogens (tertiary/aromatic N) is 1. The number of rotatable bonds is 10. The van der Waals surface area contributed by atoms with Gasteiger partial charge in [-0.25, -0.2) is 0 Å². The van der Waals surface area contributed by atoms with Crippen LogP contribution in [0.15, 0.2) is 36.5 Å². The average molecular weight is 370 g/mol. The third-order valence-electron chi connectivity index (χ3n) is 5.21. The van der Waals surface area contributed by atoms with E-state index in [4.69, 9.17) is 4.74 Å². The minimum absolute atomic E-state index is 0.439. The highest BCUT2D eigenvalue weighted by atomic mass is 16.5. The SMILES string of the molecule is CCC(CC)(CNCc1cc(C)c(OCc2ccccn2)c(C)c1)C(=O)O. The van der Waals surface area contributed by atoms with E-state index in [2.05, 4.69) is 22.4 Å². The second-order valence-corrected chi connectivity index (χ2v) is 7.06. The van der Waals surface area contributed by atoms with Crippen LogP contribution in [0.4, 0.5) is 0 Å². The molecule has 1 aromatic heterocycles. The van der Waals surface area contributed by atoms with Gasteiger partial charge in [-0.15, -0.1) is 0 Å². The Kier molecular flexibility index (Phi) is 7.36. The number of benzene rings is 1. The number of aryl methyl sites for hydroxylation is 2. The molecule has 0 amide bonds. The molecule has 1 aromatic carbocycles. The van der Waals surface area contributed by atoms with E-state index in [9.17, 15) is 9.90 Å². The molecule has 146 valence electrons. The first-order chi connectivity index (χ1) is 12.9. The van der Waals surface area contributed by atoms with Crippen molar-refractivity contribution in [2.24, 2.45) is 5.41 Å². The number of pyridine rings is 1. The molecule has 0 aliphatic heterocycles. The predicted molar refractivity (Wildman–Crippen MR) is 107 cm³/mol. The molecule has 1 heterocycles. The first kappa shape index (κ1) is 20.9. The summed E-state index contributed by atoms with van der Waals surface area (Å²) in [5, 5.41) is 12.9. The van der Waals surface area contributed by atoms with Crippen molar-refractivity contribution in [1.29, 1.82) is 0 Å². The van der Waals surface area contributed by atoms with E-state index in [-0.39, 0.29) is 0 Å². The van der Waals surface area contributed by atoms with Crippen molar-refractivity contribution in [3.8, 4) is 5.75 Å². The van der Waals surface area contributed by atoms with Gasteiger partial charge in [0, 0.05) is 19.3 Å². The summed E-state index contributed by atoms with van der Waals surface area (Å²) in [6.45, 7) is 9.47. The summed E-state index contributed by atoms with van der Waals surface area (Å²) < 4.78 is 5.97. The zero-order chi connectivity index (χ0) is 19.9. The summed E-state index contributed by atoms with van der Waals surface area (Å²) in [5.74, 6) is 0.150. The van der Waals surface area contributed by atoms with Crippen LogP contribution in [-0.4, -0.2) is 22.6 Å². The average Bonchev–Trinajstić information content (AvgIpc) is 2.65. The first-order valence-corrected chi connectivity index (χ1v) is 9.48. The zero-order valence-corrected chi connectivity index (χ0v) is 16.7. The molecule has 2 rings (SSSR count). The van der Waals surface area contributed by atoms with Crippen LogP contribution < -0.4 is 10.1 Å². The molecule has 0 saturated carbocycles. The summed E-state index contributed by atoms with van der Waals surface area (Å²) in [6, 6.07) is 9.96. The van der Waals surface area contributed by atoms with Gasteiger partial charge in [-0.3, -0.25) is 9.78 Å². The van der Waals surface area contributed by atoms with Crippen molar-refractivity contribution < 1.29 is 14.6 Å². The highest BCUT2D eigenvalue weighted by Crippen LogP contribution is 2.27. The molecule has 5 nitrogen and oxygen atoms in total. The molecular weight excluding hydrogens is 340 g/mol. The Labute approximate surface area is 161 Å². The van der Waals surface area contributed by atoms with E-state index in [0.29, 0.717) is 32.5 Å². The van der Waals surface area contributed by atoms with Gasteiger partial charge in [0.15, 0.2) is 0 Å². The van der Waals surface area contributed by atoms with E-state index in [1.54, 1.807) is 6.20 Å². The Hall–Kier alpha value is -2.40. The number of ether oxygens (including phenoxy) is 1. The molecular formula is C22H30N2O3. The number of nitrogens with one attached hydrogen (secondary N) is 1. The molecule has 2 aromatic rings. The van der Waals surface area contributed by atoms with Gasteiger partial charge in [0.1, 0.15) is 12.4 Å². The fraction of sp³-hybridized carbons (Fsp3) is 0.455. The first-order valence-electron chi connectivity index (χ1n) is 9.48. The second-order valence-electron chi connectivity index (χ2n) is 7.06. The quantitative estimate of drug-likeness (QED) is 0.654. The summed E-state index contributed by atoms with van der Waals surface area (Å²) in [7, 11) is 0. The van der Waals surface area contributed by atoms with E-state index in [1.165, 1.54) is 0 Å². The lowest BCUT2D eigenvalue weighted by Gasteiger charge is -2.27. The number of carboxylic acids is 1. The van der Waals surface area contributed by atoms with E-state index in [0.717, 1.165) is 28.1 Å². The highest BCUT2D eigenvalue weighted by molar-refractivity contribution is 5.74. The van der Waals surface area contributed by atoms with Gasteiger partial charge in [0.05, 0.1) is 11.1 Å². The lowest BCUT2D eigenvalue weighted by molar-refractivity contribution is -0.149. The Bertz CT molecular complexity index is 732. The number of aliphatic carboxylic acids is 1. The number of carbonyl (C=O) groups is 1. The third kappa shape index (κ3) is 5.30. The minimum Gasteiger partial charge on any atom is -0.487 e. The topological polar surface area (TPSA) is 71.5 Å². The van der Waals surface area contributed by atoms with Gasteiger partial charge in [0.2, 0.25) is 0 Å². The summed E-state index contributed by atoms with van der Waals surface area (Å²) in [6.07, 6.45) is 2.99. The summed E-state index contributed by atoms with van der Waals surface area (Å²) in [5.41, 5.74) is 3.46. The number of hydrogen-bond donors (Lipinski definition) is 2. The molecule has 0 atom stereocenters. The Morgan fingerprint density at radius 3 is 2.37 bits per heavy atom. The van der Waals surface area contributed by atoms with Crippen LogP contribution >= 0.6 is 0 Å². The molecule has 2 N–H and O–H groups in total. The molecule has 0 bridgehead atoms. The van der Waals surface area contributed by atoms with Crippen LogP contribution in [0.3, 0.4) is 0 Å². The number of aromatic nitrogens is 1. The van der Waals surface area contributed by atoms with Gasteiger partial charge in [0.25, 0.3) is 0 Å². The molecule has 0 unspecified atom stereocenters. The Morgan fingerprint density at radius 2 is 1.85 bits per heavy atom. The van der Waals surface area contributed by atoms with Gasteiger partial charge < -0.3 is 15.2 Å². The molecule has 0 fully saturated rings. The van der Waals surface area contributed by atoms with Gasteiger partial charge in [-0.05, 0) is 55.5 Å². The smallest absolute Gasteiger partial charge is 0.310 e. The molecule has 27 heavy (non-hydrogen) atoms. The molecule has 0 spiro atoms. The van der Waals surface area contributed by atoms with Crippen molar-refractivity contribution in [2.45, 2.75) is 53.7 Å². The van der Waals surface area contributed by atoms with Crippen LogP contribution in [0, 0.1) is 19.3 Å². The van der Waals surface area contributed by atoms with Crippen molar-refractivity contribution in [1.82, 2.24) is 10.3 Å². The highest BCUT2D eigenvalue weighted by Gasteiger charge is 2.34. The van der Waals surface area contributed by atoms with Gasteiger partial charge in [-0.1, -0.05) is 32.0 Å². The lowest BCUT2D eigenvalue weighted by atomic mass is 9.82. The minimum atomic E-state index is -0.731. The number of hydrogen-bond acceptors (Lipinski definition) is 4. The second kappa shape index (κ2) is 9.51. The van der Waals surface area contributed by atoms with Crippen molar-refractivity contribution >= 4 is 5.97 Å². The fourth-order valence-corrected chi connectivity index (χ4v) is 3.32. The monoisotopic (exact) mass is 370 g/mol. The Balaban J connectivity index is 2.00. The Morgan fingerprint density at radius 1 is 1.19 bits per heavy atom. The van der Waals surface area contributed by atoms with E-state index >= 15 is 0 Å². The van der Waals surface area contributed by atoms with Gasteiger partial charge in [-0.2, -0.15) is 0 Å². The summed E-state index contributed by atoms with van der Waals surface area (Å²) in [4.78, 5) is 15.9. The maximum absolute atomic E-state index is 11.6. The maximum Gasteiger partial charge on any atom is 0.310 e. The molecule has 5 heteroatoms. The molecule has 0 aliphatic rings. The van der Waals surface area contributed by atoms with Crippen LogP contribution in [0.2, 0.25) is 0 Å². The standard InChI is InChI=1S/C22H30N2O3/c1-5-22(6-2,21(25)26)15-23-13-18-11-16(3)20(17(4)12-18)27-14-19-9-7-8-10-24-19/h7-12,23H,5-6,13-15H2,1-4H3,(H,25,26). The van der Waals surface area contributed by atoms with Crippen LogP contribution in [0.25, 0.3) is 0 Å². The molecule has 0 radical (unpaired) electrons. The van der Waals surface area contributed by atoms with Crippen LogP contribution in [-0.2, 0) is 17.9 Å². The van der Waals surface area contributed by atoms with Crippen molar-refractivity contribution in [3.63, 3.8) is 0 Å². The normalized spacial score (nSPS) is 11.4. The maximum atomic E-state index is 11.6. The number of carboxylic acid groups (broad SMARTS) is 1. The summed E-state index contributed by atoms with van der Waals surface area (Å²) >= 11 is 0. The zero-order valence-electron chi connectivity index (χ0n) is 16.7. The van der Waals surface area contributed by atoms with Gasteiger partial charge >= 0.3 is 5.97 Å². The predicted octanol–water partition coefficient (Wildman–Crippen LogP) is 4.26. The largest absolute Gasteiger partial charge is 0.487 e. The fourth-order valence-electron chi connectivity index (χ4n) is 3.32.